The van der Waals surface area contributed by atoms with Gasteiger partial charge in [-0.05, 0) is 31.4 Å². The number of benzene rings is 1. The van der Waals surface area contributed by atoms with E-state index in [1.807, 2.05) is 24.3 Å². The number of carbonyl (C=O) groups excluding carboxylic acids is 5. The van der Waals surface area contributed by atoms with Gasteiger partial charge < -0.3 is 31.6 Å². The minimum atomic E-state index is -1.01. The fraction of sp³-hybridized carbons (Fsp3) is 0.458. The Morgan fingerprint density at radius 3 is 2.20 bits per heavy atom. The molecular weight excluding hydrogens is 452 g/mol. The molecule has 0 aliphatic carbocycles. The molecule has 0 spiro atoms. The Morgan fingerprint density at radius 1 is 0.829 bits per heavy atom. The second kappa shape index (κ2) is 11.0. The molecule has 5 amide bonds. The van der Waals surface area contributed by atoms with Crippen molar-refractivity contribution in [3.05, 3.63) is 36.0 Å². The maximum Gasteiger partial charge on any atom is 0.243 e. The third-order valence-electron chi connectivity index (χ3n) is 5.92. The first-order valence-electron chi connectivity index (χ1n) is 11.6. The van der Waals surface area contributed by atoms with Crippen LogP contribution in [0.4, 0.5) is 0 Å². The van der Waals surface area contributed by atoms with Crippen LogP contribution in [0.15, 0.2) is 30.5 Å². The Bertz CT molecular complexity index is 1130. The Morgan fingerprint density at radius 2 is 1.49 bits per heavy atom. The molecule has 1 aromatic heterocycles. The first-order valence-corrected chi connectivity index (χ1v) is 11.6. The number of amides is 5. The van der Waals surface area contributed by atoms with Gasteiger partial charge in [0, 0.05) is 23.5 Å². The summed E-state index contributed by atoms with van der Waals surface area (Å²) in [6.45, 7) is 6.13. The molecule has 0 radical (unpaired) electrons. The second-order valence-electron chi connectivity index (χ2n) is 9.09. The third kappa shape index (κ3) is 6.37. The van der Waals surface area contributed by atoms with E-state index in [2.05, 4.69) is 31.6 Å². The van der Waals surface area contributed by atoms with Crippen molar-refractivity contribution in [1.82, 2.24) is 31.6 Å². The lowest BCUT2D eigenvalue weighted by molar-refractivity contribution is -0.133. The molecule has 0 saturated carbocycles. The largest absolute Gasteiger partial charge is 0.361 e. The highest BCUT2D eigenvalue weighted by atomic mass is 16.2. The van der Waals surface area contributed by atoms with E-state index in [1.54, 1.807) is 20.0 Å². The Labute approximate surface area is 203 Å². The third-order valence-corrected chi connectivity index (χ3v) is 5.92. The number of carbonyl (C=O) groups is 5. The summed E-state index contributed by atoms with van der Waals surface area (Å²) in [5.74, 6) is -3.07. The molecule has 0 bridgehead atoms. The monoisotopic (exact) mass is 484 g/mol. The number of aromatic nitrogens is 1. The number of rotatable bonds is 3. The highest BCUT2D eigenvalue weighted by Gasteiger charge is 2.31. The van der Waals surface area contributed by atoms with Crippen LogP contribution < -0.4 is 26.6 Å². The van der Waals surface area contributed by atoms with E-state index >= 15 is 0 Å². The molecule has 1 aliphatic heterocycles. The first kappa shape index (κ1) is 25.7. The number of aromatic amines is 1. The normalized spacial score (nSPS) is 25.1. The molecule has 2 aromatic rings. The minimum Gasteiger partial charge on any atom is -0.361 e. The Kier molecular flexibility index (Phi) is 8.10. The summed E-state index contributed by atoms with van der Waals surface area (Å²) in [4.78, 5) is 66.8. The summed E-state index contributed by atoms with van der Waals surface area (Å²) >= 11 is 0. The van der Waals surface area contributed by atoms with Gasteiger partial charge in [-0.3, -0.25) is 24.0 Å². The molecule has 0 unspecified atom stereocenters. The van der Waals surface area contributed by atoms with Crippen molar-refractivity contribution in [2.45, 2.75) is 58.3 Å². The summed E-state index contributed by atoms with van der Waals surface area (Å²) in [6, 6.07) is 3.72. The second-order valence-corrected chi connectivity index (χ2v) is 9.09. The fourth-order valence-corrected chi connectivity index (χ4v) is 3.85. The lowest BCUT2D eigenvalue weighted by Crippen LogP contribution is -2.57. The predicted octanol–water partition coefficient (Wildman–Crippen LogP) is -0.525. The van der Waals surface area contributed by atoms with Crippen molar-refractivity contribution < 1.29 is 24.0 Å². The summed E-state index contributed by atoms with van der Waals surface area (Å²) in [6.07, 6.45) is 1.93. The van der Waals surface area contributed by atoms with Gasteiger partial charge in [0.05, 0.1) is 6.54 Å². The van der Waals surface area contributed by atoms with Crippen molar-refractivity contribution in [3.63, 3.8) is 0 Å². The highest BCUT2D eigenvalue weighted by Crippen LogP contribution is 2.19. The molecule has 1 aromatic carbocycles. The molecule has 11 nitrogen and oxygen atoms in total. The standard InChI is InChI=1S/C24H32N6O5/c1-12(2)20-24(35)28-14(4)22(33)29-18(9-15-10-25-17-8-6-5-7-16(15)17)23(34)27-13(3)21(32)26-11-19(31)30-20/h5-8,10,12-14,18,20,25H,9,11H2,1-4H3,(H,26,32)(H,27,34)(H,28,35)(H,29,33)(H,30,31)/t13-,14+,18-,20+/m1/s1. The van der Waals surface area contributed by atoms with Crippen molar-refractivity contribution in [2.24, 2.45) is 5.92 Å². The van der Waals surface area contributed by atoms with Gasteiger partial charge in [0.25, 0.3) is 0 Å². The molecule has 1 fully saturated rings. The number of para-hydroxylation sites is 1. The number of H-pyrrole nitrogens is 1. The van der Waals surface area contributed by atoms with Crippen LogP contribution in [0.25, 0.3) is 10.9 Å². The molecule has 1 aliphatic rings. The van der Waals surface area contributed by atoms with E-state index in [0.29, 0.717) is 0 Å². The van der Waals surface area contributed by atoms with Crippen LogP contribution in [-0.2, 0) is 30.4 Å². The zero-order chi connectivity index (χ0) is 25.7. The average Bonchev–Trinajstić information content (AvgIpc) is 3.22. The average molecular weight is 485 g/mol. The topological polar surface area (TPSA) is 161 Å². The van der Waals surface area contributed by atoms with Gasteiger partial charge in [-0.15, -0.1) is 0 Å². The molecule has 35 heavy (non-hydrogen) atoms. The Balaban J connectivity index is 1.89. The molecule has 1 saturated heterocycles. The molecule has 11 heteroatoms. The van der Waals surface area contributed by atoms with Crippen molar-refractivity contribution in [1.29, 1.82) is 0 Å². The minimum absolute atomic E-state index is 0.158. The fourth-order valence-electron chi connectivity index (χ4n) is 3.85. The summed E-state index contributed by atoms with van der Waals surface area (Å²) < 4.78 is 0. The van der Waals surface area contributed by atoms with Crippen LogP contribution in [-0.4, -0.2) is 65.2 Å². The van der Waals surface area contributed by atoms with Crippen LogP contribution in [0, 0.1) is 5.92 Å². The number of hydrogen-bond donors (Lipinski definition) is 6. The van der Waals surface area contributed by atoms with Crippen molar-refractivity contribution in [2.75, 3.05) is 6.54 Å². The van der Waals surface area contributed by atoms with E-state index in [-0.39, 0.29) is 18.9 Å². The van der Waals surface area contributed by atoms with E-state index in [4.69, 9.17) is 0 Å². The van der Waals surface area contributed by atoms with E-state index in [1.165, 1.54) is 13.8 Å². The van der Waals surface area contributed by atoms with Crippen LogP contribution in [0.5, 0.6) is 0 Å². The van der Waals surface area contributed by atoms with Gasteiger partial charge >= 0.3 is 0 Å². The lowest BCUT2D eigenvalue weighted by atomic mass is 10.0. The van der Waals surface area contributed by atoms with Crippen LogP contribution in [0.2, 0.25) is 0 Å². The quantitative estimate of drug-likeness (QED) is 0.345. The first-order chi connectivity index (χ1) is 16.6. The van der Waals surface area contributed by atoms with Gasteiger partial charge in [-0.25, -0.2) is 0 Å². The van der Waals surface area contributed by atoms with Gasteiger partial charge in [-0.1, -0.05) is 32.0 Å². The summed E-state index contributed by atoms with van der Waals surface area (Å²) in [7, 11) is 0. The van der Waals surface area contributed by atoms with E-state index in [0.717, 1.165) is 16.5 Å². The molecule has 3 rings (SSSR count). The van der Waals surface area contributed by atoms with Crippen molar-refractivity contribution >= 4 is 40.4 Å². The van der Waals surface area contributed by atoms with Crippen LogP contribution in [0.1, 0.15) is 33.3 Å². The Hall–Kier alpha value is -3.89. The number of nitrogens with one attached hydrogen (secondary N) is 6. The maximum absolute atomic E-state index is 13.1. The van der Waals surface area contributed by atoms with E-state index < -0.39 is 53.7 Å². The maximum atomic E-state index is 13.1. The molecule has 2 heterocycles. The van der Waals surface area contributed by atoms with Crippen molar-refractivity contribution in [3.8, 4) is 0 Å². The molecular formula is C24H32N6O5. The number of hydrogen-bond acceptors (Lipinski definition) is 5. The highest BCUT2D eigenvalue weighted by molar-refractivity contribution is 5.97. The van der Waals surface area contributed by atoms with Crippen LogP contribution >= 0.6 is 0 Å². The molecule has 6 N–H and O–H groups in total. The predicted molar refractivity (Wildman–Crippen MR) is 129 cm³/mol. The molecule has 188 valence electrons. The molecule has 4 atom stereocenters. The summed E-state index contributed by atoms with van der Waals surface area (Å²) in [5, 5.41) is 13.8. The smallest absolute Gasteiger partial charge is 0.243 e. The zero-order valence-electron chi connectivity index (χ0n) is 20.2. The summed E-state index contributed by atoms with van der Waals surface area (Å²) in [5.41, 5.74) is 1.69. The number of fused-ring (bicyclic) bond motifs is 1. The van der Waals surface area contributed by atoms with E-state index in [9.17, 15) is 24.0 Å². The van der Waals surface area contributed by atoms with Gasteiger partial charge in [0.1, 0.15) is 24.2 Å². The van der Waals surface area contributed by atoms with Crippen LogP contribution in [0.3, 0.4) is 0 Å². The lowest BCUT2D eigenvalue weighted by Gasteiger charge is -2.25. The van der Waals surface area contributed by atoms with Gasteiger partial charge in [-0.2, -0.15) is 0 Å². The van der Waals surface area contributed by atoms with Gasteiger partial charge in [0.15, 0.2) is 0 Å². The van der Waals surface area contributed by atoms with Gasteiger partial charge in [0.2, 0.25) is 29.5 Å². The SMILES string of the molecule is CC(C)[C@@H]1NC(=O)CNC(=O)[C@@H](C)NC(=O)[C@@H](Cc2c[nH]c3ccccc23)NC(=O)[C@H](C)NC1=O. The zero-order valence-corrected chi connectivity index (χ0v) is 20.2.